The predicted octanol–water partition coefficient (Wildman–Crippen LogP) is 3.14. The monoisotopic (exact) mass is 511 g/mol. The summed E-state index contributed by atoms with van der Waals surface area (Å²) in [5, 5.41) is 2.94. The van der Waals surface area contributed by atoms with E-state index in [1.54, 1.807) is 19.3 Å². The van der Waals surface area contributed by atoms with Crippen molar-refractivity contribution >= 4 is 23.5 Å². The molecule has 3 heterocycles. The van der Waals surface area contributed by atoms with Crippen LogP contribution in [0.1, 0.15) is 39.5 Å². The van der Waals surface area contributed by atoms with Crippen molar-refractivity contribution in [2.24, 2.45) is 5.92 Å². The van der Waals surface area contributed by atoms with E-state index in [4.69, 9.17) is 14.2 Å². The van der Waals surface area contributed by atoms with Gasteiger partial charge in [0.1, 0.15) is 11.9 Å². The van der Waals surface area contributed by atoms with E-state index in [2.05, 4.69) is 20.2 Å². The van der Waals surface area contributed by atoms with Gasteiger partial charge in [0.25, 0.3) is 0 Å². The zero-order chi connectivity index (χ0) is 26.0. The first-order valence-electron chi connectivity index (χ1n) is 13.2. The quantitative estimate of drug-likeness (QED) is 0.482. The van der Waals surface area contributed by atoms with E-state index < -0.39 is 0 Å². The minimum Gasteiger partial charge on any atom is -0.490 e. The topological polar surface area (TPSA) is 106 Å². The molecule has 1 atom stereocenters. The first-order chi connectivity index (χ1) is 18.1. The normalized spacial score (nSPS) is 18.8. The highest BCUT2D eigenvalue weighted by Crippen LogP contribution is 2.30. The number of aromatic nitrogens is 2. The number of para-hydroxylation sites is 2. The second-order valence-electron chi connectivity index (χ2n) is 9.32. The molecule has 0 aliphatic carbocycles. The second-order valence-corrected chi connectivity index (χ2v) is 9.32. The summed E-state index contributed by atoms with van der Waals surface area (Å²) in [6.45, 7) is 7.87. The number of benzene rings is 1. The molecule has 0 radical (unpaired) electrons. The van der Waals surface area contributed by atoms with Crippen LogP contribution in [0, 0.1) is 5.92 Å². The molecule has 0 spiro atoms. The summed E-state index contributed by atoms with van der Waals surface area (Å²) in [6.07, 6.45) is 6.57. The summed E-state index contributed by atoms with van der Waals surface area (Å²) < 4.78 is 17.0. The lowest BCUT2D eigenvalue weighted by Crippen LogP contribution is -2.42. The van der Waals surface area contributed by atoms with Crippen LogP contribution in [0.5, 0.6) is 11.5 Å². The molecule has 0 saturated carbocycles. The van der Waals surface area contributed by atoms with Crippen LogP contribution in [-0.4, -0.2) is 78.8 Å². The predicted molar refractivity (Wildman–Crippen MR) is 140 cm³/mol. The number of piperidine rings is 2. The maximum absolute atomic E-state index is 12.9. The third-order valence-electron chi connectivity index (χ3n) is 6.63. The molecule has 2 fully saturated rings. The summed E-state index contributed by atoms with van der Waals surface area (Å²) >= 11 is 0. The number of carbonyl (C=O) groups excluding carboxylic acids is 2. The van der Waals surface area contributed by atoms with Crippen molar-refractivity contribution in [2.75, 3.05) is 56.2 Å². The van der Waals surface area contributed by atoms with E-state index in [0.29, 0.717) is 57.3 Å². The molecule has 37 heavy (non-hydrogen) atoms. The molecule has 200 valence electrons. The molecule has 0 bridgehead atoms. The number of carbonyl (C=O) groups is 2. The number of hydrogen-bond acceptors (Lipinski definition) is 9. The largest absolute Gasteiger partial charge is 0.490 e. The standard InChI is InChI=1S/C27H37N5O5/c1-3-35-22-9-5-6-10-23(22)37-21-8-7-13-32(18-21)25-17-28-16-24(29-25)30-27(34)20-11-14-31(15-12-20)19-26(33)36-4-2/h5-6,9-10,16-17,20-21H,3-4,7-8,11-15,18-19H2,1-2H3,(H,29,30,34)/t21-/m1/s1. The van der Waals surface area contributed by atoms with Crippen LogP contribution in [0.25, 0.3) is 0 Å². The summed E-state index contributed by atoms with van der Waals surface area (Å²) in [4.78, 5) is 37.8. The van der Waals surface area contributed by atoms with Gasteiger partial charge in [0, 0.05) is 12.5 Å². The maximum Gasteiger partial charge on any atom is 0.320 e. The molecule has 2 saturated heterocycles. The van der Waals surface area contributed by atoms with Crippen LogP contribution < -0.4 is 19.7 Å². The molecule has 1 amide bonds. The lowest BCUT2D eigenvalue weighted by atomic mass is 9.96. The first kappa shape index (κ1) is 26.7. The summed E-state index contributed by atoms with van der Waals surface area (Å²) in [6, 6.07) is 7.73. The van der Waals surface area contributed by atoms with E-state index in [1.807, 2.05) is 36.1 Å². The van der Waals surface area contributed by atoms with E-state index in [0.717, 1.165) is 30.9 Å². The third kappa shape index (κ3) is 7.55. The molecule has 1 N–H and O–H groups in total. The van der Waals surface area contributed by atoms with Crippen molar-refractivity contribution < 1.29 is 23.8 Å². The zero-order valence-electron chi connectivity index (χ0n) is 21.7. The smallest absolute Gasteiger partial charge is 0.320 e. The van der Waals surface area contributed by atoms with Crippen molar-refractivity contribution in [3.63, 3.8) is 0 Å². The molecule has 2 aromatic rings. The molecule has 10 heteroatoms. The summed E-state index contributed by atoms with van der Waals surface area (Å²) in [7, 11) is 0. The molecule has 1 aromatic carbocycles. The molecular formula is C27H37N5O5. The van der Waals surface area contributed by atoms with Gasteiger partial charge >= 0.3 is 5.97 Å². The highest BCUT2D eigenvalue weighted by atomic mass is 16.5. The molecule has 2 aliphatic rings. The van der Waals surface area contributed by atoms with Gasteiger partial charge in [0.15, 0.2) is 17.3 Å². The van der Waals surface area contributed by atoms with Gasteiger partial charge < -0.3 is 24.4 Å². The Morgan fingerprint density at radius 3 is 2.57 bits per heavy atom. The zero-order valence-corrected chi connectivity index (χ0v) is 21.7. The second kappa shape index (κ2) is 13.2. The molecule has 0 unspecified atom stereocenters. The maximum atomic E-state index is 12.9. The molecule has 4 rings (SSSR count). The van der Waals surface area contributed by atoms with Gasteiger partial charge in [-0.25, -0.2) is 4.98 Å². The van der Waals surface area contributed by atoms with Crippen LogP contribution in [0.15, 0.2) is 36.7 Å². The SMILES string of the molecule is CCOC(=O)CN1CCC(C(=O)Nc2cncc(N3CCC[C@@H](Oc4ccccc4OCC)C3)n2)CC1. The minimum atomic E-state index is -0.221. The number of anilines is 2. The van der Waals surface area contributed by atoms with Gasteiger partial charge in [-0.05, 0) is 64.8 Å². The van der Waals surface area contributed by atoms with Gasteiger partial charge in [-0.1, -0.05) is 12.1 Å². The Labute approximate surface area is 218 Å². The fraction of sp³-hybridized carbons (Fsp3) is 0.556. The number of nitrogens with one attached hydrogen (secondary N) is 1. The van der Waals surface area contributed by atoms with E-state index in [-0.39, 0.29) is 30.4 Å². The number of nitrogens with zero attached hydrogens (tertiary/aromatic N) is 4. The van der Waals surface area contributed by atoms with Gasteiger partial charge in [0.2, 0.25) is 5.91 Å². The van der Waals surface area contributed by atoms with Gasteiger partial charge in [-0.3, -0.25) is 19.5 Å². The molecule has 2 aliphatic heterocycles. The Bertz CT molecular complexity index is 1040. The van der Waals surface area contributed by atoms with Crippen LogP contribution in [-0.2, 0) is 14.3 Å². The van der Waals surface area contributed by atoms with Crippen molar-refractivity contribution in [1.82, 2.24) is 14.9 Å². The lowest BCUT2D eigenvalue weighted by molar-refractivity contribution is -0.144. The number of likely N-dealkylation sites (tertiary alicyclic amines) is 1. The first-order valence-corrected chi connectivity index (χ1v) is 13.2. The number of ether oxygens (including phenoxy) is 3. The Kier molecular flexibility index (Phi) is 9.53. The Hall–Kier alpha value is -3.40. The van der Waals surface area contributed by atoms with Crippen LogP contribution in [0.4, 0.5) is 11.6 Å². The number of esters is 1. The number of rotatable bonds is 10. The van der Waals surface area contributed by atoms with E-state index in [1.165, 1.54) is 0 Å². The Balaban J connectivity index is 1.30. The van der Waals surface area contributed by atoms with Crippen LogP contribution >= 0.6 is 0 Å². The summed E-state index contributed by atoms with van der Waals surface area (Å²) in [5.74, 6) is 2.25. The van der Waals surface area contributed by atoms with E-state index >= 15 is 0 Å². The van der Waals surface area contributed by atoms with Gasteiger partial charge in [-0.2, -0.15) is 0 Å². The van der Waals surface area contributed by atoms with Crippen molar-refractivity contribution in [3.05, 3.63) is 36.7 Å². The fourth-order valence-electron chi connectivity index (χ4n) is 4.78. The lowest BCUT2D eigenvalue weighted by Gasteiger charge is -2.34. The average Bonchev–Trinajstić information content (AvgIpc) is 2.91. The van der Waals surface area contributed by atoms with Crippen LogP contribution in [0.2, 0.25) is 0 Å². The molecule has 1 aromatic heterocycles. The molecular weight excluding hydrogens is 474 g/mol. The fourth-order valence-corrected chi connectivity index (χ4v) is 4.78. The van der Waals surface area contributed by atoms with Crippen molar-refractivity contribution in [2.45, 2.75) is 45.6 Å². The van der Waals surface area contributed by atoms with Crippen molar-refractivity contribution in [1.29, 1.82) is 0 Å². The van der Waals surface area contributed by atoms with E-state index in [9.17, 15) is 9.59 Å². The Morgan fingerprint density at radius 2 is 1.81 bits per heavy atom. The minimum absolute atomic E-state index is 0.00445. The van der Waals surface area contributed by atoms with Crippen molar-refractivity contribution in [3.8, 4) is 11.5 Å². The average molecular weight is 512 g/mol. The summed E-state index contributed by atoms with van der Waals surface area (Å²) in [5.41, 5.74) is 0. The van der Waals surface area contributed by atoms with Gasteiger partial charge in [-0.15, -0.1) is 0 Å². The molecule has 10 nitrogen and oxygen atoms in total. The third-order valence-corrected chi connectivity index (χ3v) is 6.63. The highest BCUT2D eigenvalue weighted by Gasteiger charge is 2.27. The van der Waals surface area contributed by atoms with Crippen LogP contribution in [0.3, 0.4) is 0 Å². The highest BCUT2D eigenvalue weighted by molar-refractivity contribution is 5.91. The number of amides is 1. The Morgan fingerprint density at radius 1 is 1.03 bits per heavy atom. The number of hydrogen-bond donors (Lipinski definition) is 1. The van der Waals surface area contributed by atoms with Gasteiger partial charge in [0.05, 0.1) is 38.7 Å².